The largest absolute Gasteiger partial charge is 0.347 e. The Morgan fingerprint density at radius 3 is 2.50 bits per heavy atom. The normalized spacial score (nSPS) is 11.8. The van der Waals surface area contributed by atoms with Gasteiger partial charge in [-0.15, -0.1) is 11.3 Å². The summed E-state index contributed by atoms with van der Waals surface area (Å²) in [6.07, 6.45) is 0.751. The number of nitrogens with zero attached hydrogens (tertiary/aromatic N) is 2. The topological polar surface area (TPSA) is 74.3 Å². The van der Waals surface area contributed by atoms with Crippen LogP contribution in [0.5, 0.6) is 0 Å². The molecule has 0 fully saturated rings. The molecule has 6 nitrogen and oxygen atoms in total. The smallest absolute Gasteiger partial charge is 0.315 e. The standard InChI is InChI=1S/C13H22N4O2S/c1-8-11(20-10(3)15-8)6-7-14-13(19)16-9(2)12(18)17(4)5/h9H,6-7H2,1-5H3,(H2,14,16,19)/t9-/m0/s1. The highest BCUT2D eigenvalue weighted by atomic mass is 32.1. The molecule has 2 N–H and O–H groups in total. The van der Waals surface area contributed by atoms with Crippen molar-refractivity contribution >= 4 is 23.3 Å². The highest BCUT2D eigenvalue weighted by molar-refractivity contribution is 7.11. The molecule has 0 aliphatic rings. The maximum atomic E-state index is 11.7. The Labute approximate surface area is 123 Å². The molecule has 0 radical (unpaired) electrons. The van der Waals surface area contributed by atoms with Crippen molar-refractivity contribution in [1.82, 2.24) is 20.5 Å². The molecule has 1 heterocycles. The lowest BCUT2D eigenvalue weighted by Gasteiger charge is -2.18. The summed E-state index contributed by atoms with van der Waals surface area (Å²) in [5.41, 5.74) is 1.02. The molecular formula is C13H22N4O2S. The van der Waals surface area contributed by atoms with E-state index in [1.165, 1.54) is 9.78 Å². The van der Waals surface area contributed by atoms with Crippen LogP contribution in [0.25, 0.3) is 0 Å². The first-order valence-electron chi connectivity index (χ1n) is 6.49. The maximum Gasteiger partial charge on any atom is 0.315 e. The minimum absolute atomic E-state index is 0.130. The van der Waals surface area contributed by atoms with Crippen molar-refractivity contribution in [2.24, 2.45) is 0 Å². The average molecular weight is 298 g/mol. The summed E-state index contributed by atoms with van der Waals surface area (Å²) in [4.78, 5) is 30.2. The highest BCUT2D eigenvalue weighted by Crippen LogP contribution is 2.16. The molecule has 1 atom stereocenters. The van der Waals surface area contributed by atoms with Crippen LogP contribution in [0, 0.1) is 13.8 Å². The third-order valence-corrected chi connectivity index (χ3v) is 3.93. The fraction of sp³-hybridized carbons (Fsp3) is 0.615. The van der Waals surface area contributed by atoms with E-state index >= 15 is 0 Å². The molecule has 0 saturated carbocycles. The van der Waals surface area contributed by atoms with Gasteiger partial charge in [-0.2, -0.15) is 0 Å². The van der Waals surface area contributed by atoms with Gasteiger partial charge in [-0.05, 0) is 20.8 Å². The van der Waals surface area contributed by atoms with Crippen molar-refractivity contribution in [3.05, 3.63) is 15.6 Å². The summed E-state index contributed by atoms with van der Waals surface area (Å²) in [5, 5.41) is 6.40. The van der Waals surface area contributed by atoms with Gasteiger partial charge in [0.25, 0.3) is 0 Å². The average Bonchev–Trinajstić information content (AvgIpc) is 2.66. The lowest BCUT2D eigenvalue weighted by molar-refractivity contribution is -0.130. The second kappa shape index (κ2) is 7.23. The van der Waals surface area contributed by atoms with Crippen molar-refractivity contribution in [3.63, 3.8) is 0 Å². The zero-order chi connectivity index (χ0) is 15.3. The second-order valence-corrected chi connectivity index (χ2v) is 6.13. The van der Waals surface area contributed by atoms with Crippen LogP contribution in [0.1, 0.15) is 22.5 Å². The number of nitrogens with one attached hydrogen (secondary N) is 2. The lowest BCUT2D eigenvalue weighted by Crippen LogP contribution is -2.48. The SMILES string of the molecule is Cc1nc(C)c(CCNC(=O)N[C@@H](C)C(=O)N(C)C)s1. The van der Waals surface area contributed by atoms with Crippen LogP contribution in [0.4, 0.5) is 4.79 Å². The Morgan fingerprint density at radius 1 is 1.35 bits per heavy atom. The van der Waals surface area contributed by atoms with Gasteiger partial charge in [-0.1, -0.05) is 0 Å². The van der Waals surface area contributed by atoms with Crippen molar-refractivity contribution in [2.45, 2.75) is 33.2 Å². The first-order chi connectivity index (χ1) is 9.31. The summed E-state index contributed by atoms with van der Waals surface area (Å²) in [6, 6.07) is -0.857. The van der Waals surface area contributed by atoms with Gasteiger partial charge in [0.15, 0.2) is 0 Å². The number of urea groups is 1. The molecule has 20 heavy (non-hydrogen) atoms. The van der Waals surface area contributed by atoms with Crippen LogP contribution in [-0.2, 0) is 11.2 Å². The molecule has 0 unspecified atom stereocenters. The number of aromatic nitrogens is 1. The number of hydrogen-bond donors (Lipinski definition) is 2. The maximum absolute atomic E-state index is 11.7. The summed E-state index contributed by atoms with van der Waals surface area (Å²) in [5.74, 6) is -0.130. The minimum atomic E-state index is -0.530. The van der Waals surface area contributed by atoms with E-state index in [1.807, 2.05) is 13.8 Å². The Kier molecular flexibility index (Phi) is 5.94. The quantitative estimate of drug-likeness (QED) is 0.854. The minimum Gasteiger partial charge on any atom is -0.347 e. The molecule has 0 aliphatic heterocycles. The first kappa shape index (κ1) is 16.4. The van der Waals surface area contributed by atoms with Crippen molar-refractivity contribution in [3.8, 4) is 0 Å². The van der Waals surface area contributed by atoms with Crippen LogP contribution in [0.15, 0.2) is 0 Å². The lowest BCUT2D eigenvalue weighted by atomic mass is 10.3. The summed E-state index contributed by atoms with van der Waals surface area (Å²) in [7, 11) is 3.32. The molecule has 0 saturated heterocycles. The van der Waals surface area contributed by atoms with Gasteiger partial charge >= 0.3 is 6.03 Å². The Balaban J connectivity index is 2.33. The molecule has 3 amide bonds. The molecule has 0 aliphatic carbocycles. The van der Waals surface area contributed by atoms with Crippen LogP contribution < -0.4 is 10.6 Å². The predicted octanol–water partition coefficient (Wildman–Crippen LogP) is 1.08. The van der Waals surface area contributed by atoms with Gasteiger partial charge in [0.2, 0.25) is 5.91 Å². The highest BCUT2D eigenvalue weighted by Gasteiger charge is 2.16. The van der Waals surface area contributed by atoms with Crippen molar-refractivity contribution in [1.29, 1.82) is 0 Å². The summed E-state index contributed by atoms with van der Waals surface area (Å²) in [6.45, 7) is 6.13. The van der Waals surface area contributed by atoms with Gasteiger partial charge in [0.05, 0.1) is 10.7 Å². The zero-order valence-corrected chi connectivity index (χ0v) is 13.4. The summed E-state index contributed by atoms with van der Waals surface area (Å²) < 4.78 is 0. The molecule has 0 spiro atoms. The number of hydrogen-bond acceptors (Lipinski definition) is 4. The van der Waals surface area contributed by atoms with Crippen LogP contribution >= 0.6 is 11.3 Å². The van der Waals surface area contributed by atoms with Gasteiger partial charge in [0.1, 0.15) is 6.04 Å². The number of rotatable bonds is 5. The van der Waals surface area contributed by atoms with Gasteiger partial charge < -0.3 is 15.5 Å². The van der Waals surface area contributed by atoms with Gasteiger partial charge in [-0.25, -0.2) is 9.78 Å². The van der Waals surface area contributed by atoms with E-state index in [1.54, 1.807) is 32.4 Å². The van der Waals surface area contributed by atoms with Crippen LogP contribution in [0.2, 0.25) is 0 Å². The number of carbonyl (C=O) groups excluding carboxylic acids is 2. The number of likely N-dealkylation sites (N-methyl/N-ethyl adjacent to an activating group) is 1. The monoisotopic (exact) mass is 298 g/mol. The van der Waals surface area contributed by atoms with E-state index < -0.39 is 6.04 Å². The second-order valence-electron chi connectivity index (χ2n) is 4.85. The van der Waals surface area contributed by atoms with Gasteiger partial charge in [-0.3, -0.25) is 4.79 Å². The van der Waals surface area contributed by atoms with Crippen LogP contribution in [0.3, 0.4) is 0 Å². The molecule has 1 rings (SSSR count). The van der Waals surface area contributed by atoms with E-state index in [9.17, 15) is 9.59 Å². The molecule has 7 heteroatoms. The predicted molar refractivity (Wildman–Crippen MR) is 80.0 cm³/mol. The fourth-order valence-electron chi connectivity index (χ4n) is 1.79. The van der Waals surface area contributed by atoms with E-state index in [0.717, 1.165) is 17.1 Å². The molecular weight excluding hydrogens is 276 g/mol. The fourth-order valence-corrected chi connectivity index (χ4v) is 2.73. The first-order valence-corrected chi connectivity index (χ1v) is 7.31. The molecule has 1 aromatic rings. The molecule has 0 bridgehead atoms. The molecule has 1 aromatic heterocycles. The number of carbonyl (C=O) groups is 2. The molecule has 112 valence electrons. The van der Waals surface area contributed by atoms with E-state index in [4.69, 9.17) is 0 Å². The zero-order valence-electron chi connectivity index (χ0n) is 12.6. The van der Waals surface area contributed by atoms with E-state index in [0.29, 0.717) is 6.54 Å². The van der Waals surface area contributed by atoms with Crippen LogP contribution in [-0.4, -0.2) is 48.5 Å². The number of amides is 3. The molecule has 0 aromatic carbocycles. The van der Waals surface area contributed by atoms with Crippen molar-refractivity contribution in [2.75, 3.05) is 20.6 Å². The van der Waals surface area contributed by atoms with Gasteiger partial charge in [0, 0.05) is 31.9 Å². The Bertz CT molecular complexity index is 485. The Hall–Kier alpha value is -1.63. The third-order valence-electron chi connectivity index (χ3n) is 2.80. The van der Waals surface area contributed by atoms with E-state index in [2.05, 4.69) is 15.6 Å². The third kappa shape index (κ3) is 4.80. The van der Waals surface area contributed by atoms with E-state index in [-0.39, 0.29) is 11.9 Å². The summed E-state index contributed by atoms with van der Waals surface area (Å²) >= 11 is 1.65. The number of aryl methyl sites for hydroxylation is 2. The van der Waals surface area contributed by atoms with Crippen molar-refractivity contribution < 1.29 is 9.59 Å². The Morgan fingerprint density at radius 2 is 2.00 bits per heavy atom. The number of thiazole rings is 1.